The van der Waals surface area contributed by atoms with Gasteiger partial charge in [0.25, 0.3) is 11.5 Å². The van der Waals surface area contributed by atoms with Crippen LogP contribution >= 0.6 is 0 Å². The quantitative estimate of drug-likeness (QED) is 0.214. The number of hydrogen-bond donors (Lipinski definition) is 4. The second kappa shape index (κ2) is 12.5. The Labute approximate surface area is 245 Å². The fourth-order valence-electron chi connectivity index (χ4n) is 4.52. The topological polar surface area (TPSA) is 125 Å². The van der Waals surface area contributed by atoms with Crippen molar-refractivity contribution < 1.29 is 14.7 Å². The summed E-state index contributed by atoms with van der Waals surface area (Å²) in [5, 5.41) is 18.8. The molecule has 4 N–H and O–H groups in total. The molecule has 0 bridgehead atoms. The van der Waals surface area contributed by atoms with Crippen LogP contribution in [0.4, 0.5) is 17.2 Å². The molecule has 0 fully saturated rings. The smallest absolute Gasteiger partial charge is 0.293 e. The van der Waals surface area contributed by atoms with Gasteiger partial charge in [0.2, 0.25) is 0 Å². The minimum Gasteiger partial charge on any atom is -0.384 e. The van der Waals surface area contributed by atoms with Crippen molar-refractivity contribution in [1.82, 2.24) is 14.9 Å². The summed E-state index contributed by atoms with van der Waals surface area (Å²) in [7, 11) is 3.30. The molecule has 0 aliphatic heterocycles. The van der Waals surface area contributed by atoms with Gasteiger partial charge in [-0.15, -0.1) is 0 Å². The van der Waals surface area contributed by atoms with E-state index in [1.54, 1.807) is 44.6 Å². The molecule has 9 nitrogen and oxygen atoms in total. The van der Waals surface area contributed by atoms with E-state index in [0.29, 0.717) is 28.2 Å². The predicted molar refractivity (Wildman–Crippen MR) is 167 cm³/mol. The van der Waals surface area contributed by atoms with Gasteiger partial charge >= 0.3 is 0 Å². The maximum absolute atomic E-state index is 13.0. The van der Waals surface area contributed by atoms with Gasteiger partial charge in [0.05, 0.1) is 5.69 Å². The van der Waals surface area contributed by atoms with E-state index in [1.165, 1.54) is 4.57 Å². The number of benzene rings is 3. The molecule has 1 heterocycles. The maximum atomic E-state index is 13.0. The number of carbonyl (C=O) groups is 2. The number of Topliss-reactive ketones (excluding diaryl/α,β-unsaturated/α-hetero) is 1. The van der Waals surface area contributed by atoms with E-state index >= 15 is 0 Å². The molecule has 0 saturated heterocycles. The Hall–Kier alpha value is -4.60. The molecule has 4 aromatic rings. The second-order valence-electron chi connectivity index (χ2n) is 11.3. The maximum Gasteiger partial charge on any atom is 0.293 e. The number of aliphatic hydroxyl groups is 1. The highest BCUT2D eigenvalue weighted by molar-refractivity contribution is 6.05. The minimum atomic E-state index is -1.14. The molecule has 9 heteroatoms. The number of carbonyl (C=O) groups excluding carboxylic acids is 2. The largest absolute Gasteiger partial charge is 0.384 e. The monoisotopic (exact) mass is 567 g/mol. The number of nitrogens with one attached hydrogen (secondary N) is 3. The average Bonchev–Trinajstić information content (AvgIpc) is 2.96. The number of likely N-dealkylation sites (N-methyl/N-ethyl adjacent to an activating group) is 1. The molecule has 0 spiro atoms. The Bertz CT molecular complexity index is 1650. The lowest BCUT2D eigenvalue weighted by Gasteiger charge is -2.19. The van der Waals surface area contributed by atoms with Crippen LogP contribution in [0.25, 0.3) is 11.3 Å². The van der Waals surface area contributed by atoms with E-state index in [2.05, 4.69) is 41.7 Å². The molecular weight excluding hydrogens is 530 g/mol. The Balaban J connectivity index is 1.57. The van der Waals surface area contributed by atoms with Crippen molar-refractivity contribution in [3.8, 4) is 11.3 Å². The van der Waals surface area contributed by atoms with Crippen molar-refractivity contribution in [3.63, 3.8) is 0 Å². The van der Waals surface area contributed by atoms with E-state index in [0.717, 1.165) is 16.7 Å². The van der Waals surface area contributed by atoms with Crippen LogP contribution in [0.3, 0.4) is 0 Å². The average molecular weight is 568 g/mol. The van der Waals surface area contributed by atoms with E-state index in [-0.39, 0.29) is 29.2 Å². The first-order valence-electron chi connectivity index (χ1n) is 13.7. The Kier molecular flexibility index (Phi) is 9.04. The number of aliphatic hydroxyl groups excluding tert-OH is 1. The number of aryl methyl sites for hydroxylation is 1. The van der Waals surface area contributed by atoms with Gasteiger partial charge in [-0.3, -0.25) is 14.4 Å². The SMILES string of the molecule is CNCC(O)C(=O)c1ccc(Nc2nc(-c3cccc(NC(=O)c4ccc(C(C)(C)C)cc4)c3C)cn(C)c2=O)cc1. The minimum absolute atomic E-state index is 0.00532. The normalized spacial score (nSPS) is 12.1. The van der Waals surface area contributed by atoms with Crippen molar-refractivity contribution in [2.75, 3.05) is 24.2 Å². The molecule has 1 aromatic heterocycles. The van der Waals surface area contributed by atoms with E-state index in [4.69, 9.17) is 0 Å². The fraction of sp³-hybridized carbons (Fsp3) is 0.273. The van der Waals surface area contributed by atoms with Crippen molar-refractivity contribution >= 4 is 28.9 Å². The van der Waals surface area contributed by atoms with Crippen LogP contribution in [0, 0.1) is 6.92 Å². The molecular formula is C33H37N5O4. The summed E-state index contributed by atoms with van der Waals surface area (Å²) < 4.78 is 1.44. The zero-order valence-electron chi connectivity index (χ0n) is 24.8. The lowest BCUT2D eigenvalue weighted by atomic mass is 9.86. The summed E-state index contributed by atoms with van der Waals surface area (Å²) in [4.78, 5) is 42.9. The molecule has 0 saturated carbocycles. The van der Waals surface area contributed by atoms with Gasteiger partial charge in [0.15, 0.2) is 11.6 Å². The summed E-state index contributed by atoms with van der Waals surface area (Å²) >= 11 is 0. The standard InChI is InChI=1S/C33H37N5O4/c1-20-25(8-7-9-26(20)37-31(41)22-10-14-23(15-11-22)33(2,3)4)27-19-38(6)32(42)30(36-27)35-24-16-12-21(13-17-24)29(40)28(39)18-34-5/h7-17,19,28,34,39H,18H2,1-6H3,(H,35,36)(H,37,41). The summed E-state index contributed by atoms with van der Waals surface area (Å²) in [5.74, 6) is -0.500. The third kappa shape index (κ3) is 6.82. The van der Waals surface area contributed by atoms with Crippen molar-refractivity contribution in [1.29, 1.82) is 0 Å². The molecule has 1 amide bonds. The van der Waals surface area contributed by atoms with E-state index < -0.39 is 11.9 Å². The molecule has 0 radical (unpaired) electrons. The first-order chi connectivity index (χ1) is 19.9. The molecule has 1 unspecified atom stereocenters. The number of ketones is 1. The zero-order valence-corrected chi connectivity index (χ0v) is 24.8. The summed E-state index contributed by atoms with van der Waals surface area (Å²) in [6.45, 7) is 8.43. The van der Waals surface area contributed by atoms with Crippen LogP contribution in [0.2, 0.25) is 0 Å². The predicted octanol–water partition coefficient (Wildman–Crippen LogP) is 4.81. The van der Waals surface area contributed by atoms with Crippen LogP contribution in [0.1, 0.15) is 52.6 Å². The zero-order chi connectivity index (χ0) is 30.6. The Morgan fingerprint density at radius 2 is 1.62 bits per heavy atom. The number of rotatable bonds is 9. The van der Waals surface area contributed by atoms with Gasteiger partial charge in [-0.2, -0.15) is 0 Å². The lowest BCUT2D eigenvalue weighted by molar-refractivity contribution is 0.0750. The molecule has 3 aromatic carbocycles. The van der Waals surface area contributed by atoms with Crippen LogP contribution < -0.4 is 21.5 Å². The van der Waals surface area contributed by atoms with E-state index in [1.807, 2.05) is 49.4 Å². The van der Waals surface area contributed by atoms with Crippen molar-refractivity contribution in [2.45, 2.75) is 39.2 Å². The molecule has 218 valence electrons. The second-order valence-corrected chi connectivity index (χ2v) is 11.3. The molecule has 42 heavy (non-hydrogen) atoms. The molecule has 4 rings (SSSR count). The number of hydrogen-bond acceptors (Lipinski definition) is 7. The van der Waals surface area contributed by atoms with Gasteiger partial charge in [-0.25, -0.2) is 4.98 Å². The van der Waals surface area contributed by atoms with Gasteiger partial charge in [0.1, 0.15) is 6.10 Å². The Morgan fingerprint density at radius 3 is 2.24 bits per heavy atom. The van der Waals surface area contributed by atoms with Gasteiger partial charge in [-0.05, 0) is 73.0 Å². The highest BCUT2D eigenvalue weighted by atomic mass is 16.3. The molecule has 0 aliphatic carbocycles. The lowest BCUT2D eigenvalue weighted by Crippen LogP contribution is -2.31. The van der Waals surface area contributed by atoms with Crippen LogP contribution in [-0.4, -0.2) is 46.0 Å². The highest BCUT2D eigenvalue weighted by Crippen LogP contribution is 2.29. The third-order valence-electron chi connectivity index (χ3n) is 7.07. The van der Waals surface area contributed by atoms with E-state index in [9.17, 15) is 19.5 Å². The fourth-order valence-corrected chi connectivity index (χ4v) is 4.52. The summed E-state index contributed by atoms with van der Waals surface area (Å²) in [6.07, 6.45) is 0.509. The molecule has 1 atom stereocenters. The Morgan fingerprint density at radius 1 is 0.976 bits per heavy atom. The van der Waals surface area contributed by atoms with Crippen LogP contribution in [0.15, 0.2) is 77.7 Å². The molecule has 0 aliphatic rings. The van der Waals surface area contributed by atoms with Crippen LogP contribution in [0.5, 0.6) is 0 Å². The highest BCUT2D eigenvalue weighted by Gasteiger charge is 2.18. The summed E-state index contributed by atoms with van der Waals surface area (Å²) in [5.41, 5.74) is 5.04. The van der Waals surface area contributed by atoms with Crippen LogP contribution in [-0.2, 0) is 12.5 Å². The van der Waals surface area contributed by atoms with Gasteiger partial charge < -0.3 is 25.6 Å². The van der Waals surface area contributed by atoms with Gasteiger partial charge in [-0.1, -0.05) is 45.0 Å². The van der Waals surface area contributed by atoms with Crippen molar-refractivity contribution in [2.24, 2.45) is 7.05 Å². The number of amides is 1. The number of aromatic nitrogens is 2. The third-order valence-corrected chi connectivity index (χ3v) is 7.07. The first-order valence-corrected chi connectivity index (χ1v) is 13.7. The number of anilines is 3. The van der Waals surface area contributed by atoms with Gasteiger partial charge in [0, 0.05) is 47.9 Å². The summed E-state index contributed by atoms with van der Waals surface area (Å²) in [6, 6.07) is 19.6. The first kappa shape index (κ1) is 30.4. The number of nitrogens with zero attached hydrogens (tertiary/aromatic N) is 2. The van der Waals surface area contributed by atoms with Crippen molar-refractivity contribution in [3.05, 3.63) is 106 Å².